The van der Waals surface area contributed by atoms with Crippen molar-refractivity contribution in [2.75, 3.05) is 20.3 Å². The lowest BCUT2D eigenvalue weighted by atomic mass is 10.2. The van der Waals surface area contributed by atoms with Gasteiger partial charge in [0, 0.05) is 31.6 Å². The number of carbonyl (C=O) groups is 1. The number of H-pyrrole nitrogens is 1. The van der Waals surface area contributed by atoms with E-state index in [0.717, 1.165) is 30.8 Å². The first-order valence-corrected chi connectivity index (χ1v) is 11.3. The first-order chi connectivity index (χ1) is 16.6. The molecule has 9 heteroatoms. The van der Waals surface area contributed by atoms with Gasteiger partial charge in [-0.15, -0.1) is 10.2 Å². The third-order valence-electron chi connectivity index (χ3n) is 5.57. The number of hydrogen-bond acceptors (Lipinski definition) is 7. The van der Waals surface area contributed by atoms with E-state index < -0.39 is 0 Å². The molecule has 2 N–H and O–H groups in total. The fourth-order valence-corrected chi connectivity index (χ4v) is 3.65. The van der Waals surface area contributed by atoms with E-state index in [9.17, 15) is 9.59 Å². The Balaban J connectivity index is 1.29. The van der Waals surface area contributed by atoms with Crippen LogP contribution in [0.25, 0.3) is 11.4 Å². The third-order valence-corrected chi connectivity index (χ3v) is 5.57. The summed E-state index contributed by atoms with van der Waals surface area (Å²) in [6.07, 6.45) is 2.46. The monoisotopic (exact) mass is 464 g/mol. The van der Waals surface area contributed by atoms with E-state index >= 15 is 0 Å². The molecule has 0 aliphatic carbocycles. The molecule has 1 fully saturated rings. The second-order valence-electron chi connectivity index (χ2n) is 8.05. The lowest BCUT2D eigenvalue weighted by Gasteiger charge is -2.10. The van der Waals surface area contributed by atoms with Gasteiger partial charge in [0.05, 0.1) is 13.2 Å². The average Bonchev–Trinajstić information content (AvgIpc) is 3.40. The molecule has 1 saturated heterocycles. The van der Waals surface area contributed by atoms with Crippen LogP contribution in [-0.4, -0.2) is 47.5 Å². The zero-order chi connectivity index (χ0) is 23.8. The largest absolute Gasteiger partial charge is 0.497 e. The van der Waals surface area contributed by atoms with E-state index in [1.54, 1.807) is 19.2 Å². The van der Waals surface area contributed by atoms with Crippen molar-refractivity contribution in [3.05, 3.63) is 70.1 Å². The maximum absolute atomic E-state index is 12.4. The van der Waals surface area contributed by atoms with Crippen molar-refractivity contribution in [2.24, 2.45) is 0 Å². The van der Waals surface area contributed by atoms with Gasteiger partial charge in [-0.3, -0.25) is 9.59 Å². The van der Waals surface area contributed by atoms with Crippen LogP contribution >= 0.6 is 0 Å². The van der Waals surface area contributed by atoms with Gasteiger partial charge in [0.25, 0.3) is 5.56 Å². The van der Waals surface area contributed by atoms with Crippen LogP contribution in [0, 0.1) is 0 Å². The molecule has 9 nitrogen and oxygen atoms in total. The molecule has 1 aromatic heterocycles. The molecule has 178 valence electrons. The quantitative estimate of drug-likeness (QED) is 0.474. The fraction of sp³-hybridized carbons (Fsp3) is 0.360. The van der Waals surface area contributed by atoms with Crippen LogP contribution in [0.4, 0.5) is 0 Å². The highest BCUT2D eigenvalue weighted by atomic mass is 16.5. The SMILES string of the molecule is COc1cccc(COc2ccc(-c3nnc(CCC(=O)NCC4CCCO4)c(=O)[nH]3)cc2)c1. The van der Waals surface area contributed by atoms with Crippen molar-refractivity contribution >= 4 is 5.91 Å². The van der Waals surface area contributed by atoms with Crippen molar-refractivity contribution in [1.82, 2.24) is 20.5 Å². The van der Waals surface area contributed by atoms with Gasteiger partial charge in [0.2, 0.25) is 5.91 Å². The van der Waals surface area contributed by atoms with Crippen molar-refractivity contribution in [3.63, 3.8) is 0 Å². The zero-order valence-electron chi connectivity index (χ0n) is 19.1. The normalized spacial score (nSPS) is 15.1. The molecule has 1 aliphatic heterocycles. The smallest absolute Gasteiger partial charge is 0.273 e. The predicted octanol–water partition coefficient (Wildman–Crippen LogP) is 2.65. The standard InChI is InChI=1S/C25H28N4O5/c1-32-20-5-2-4-17(14-20)16-34-19-9-7-18(8-10-19)24-27-25(31)22(28-29-24)11-12-23(30)26-15-21-6-3-13-33-21/h2,4-5,7-10,14,21H,3,6,11-13,15-16H2,1H3,(H,26,30)(H,27,29,31). The number of rotatable bonds is 10. The molecule has 2 aromatic carbocycles. The number of carbonyl (C=O) groups excluding carboxylic acids is 1. The Labute approximate surface area is 197 Å². The Bertz CT molecular complexity index is 1160. The summed E-state index contributed by atoms with van der Waals surface area (Å²) in [4.78, 5) is 27.2. The maximum atomic E-state index is 12.4. The first kappa shape index (κ1) is 23.4. The highest BCUT2D eigenvalue weighted by Gasteiger charge is 2.16. The first-order valence-electron chi connectivity index (χ1n) is 11.3. The van der Waals surface area contributed by atoms with Gasteiger partial charge < -0.3 is 24.5 Å². The molecule has 0 saturated carbocycles. The van der Waals surface area contributed by atoms with Gasteiger partial charge in [-0.25, -0.2) is 0 Å². The van der Waals surface area contributed by atoms with Gasteiger partial charge in [0.15, 0.2) is 5.82 Å². The van der Waals surface area contributed by atoms with Crippen molar-refractivity contribution in [2.45, 2.75) is 38.4 Å². The molecule has 1 atom stereocenters. The number of methoxy groups -OCH3 is 1. The van der Waals surface area contributed by atoms with E-state index in [1.165, 1.54) is 0 Å². The number of aromatic nitrogens is 3. The van der Waals surface area contributed by atoms with E-state index in [-0.39, 0.29) is 36.1 Å². The number of benzene rings is 2. The van der Waals surface area contributed by atoms with E-state index in [0.29, 0.717) is 30.3 Å². The van der Waals surface area contributed by atoms with Crippen LogP contribution in [0.2, 0.25) is 0 Å². The van der Waals surface area contributed by atoms with Crippen molar-refractivity contribution in [1.29, 1.82) is 0 Å². The fourth-order valence-electron chi connectivity index (χ4n) is 3.65. The molecule has 1 unspecified atom stereocenters. The minimum absolute atomic E-state index is 0.0880. The molecule has 1 amide bonds. The second-order valence-corrected chi connectivity index (χ2v) is 8.05. The topological polar surface area (TPSA) is 115 Å². The van der Waals surface area contributed by atoms with Crippen LogP contribution < -0.4 is 20.3 Å². The molecular formula is C25H28N4O5. The number of aryl methyl sites for hydroxylation is 1. The lowest BCUT2D eigenvalue weighted by molar-refractivity contribution is -0.121. The second kappa shape index (κ2) is 11.4. The Morgan fingerprint density at radius 2 is 2.03 bits per heavy atom. The van der Waals surface area contributed by atoms with Crippen LogP contribution in [0.1, 0.15) is 30.5 Å². The number of hydrogen-bond donors (Lipinski definition) is 2. The molecule has 4 rings (SSSR count). The summed E-state index contributed by atoms with van der Waals surface area (Å²) in [5.74, 6) is 1.69. The molecule has 3 aromatic rings. The molecule has 1 aliphatic rings. The highest BCUT2D eigenvalue weighted by molar-refractivity contribution is 5.76. The molecule has 34 heavy (non-hydrogen) atoms. The molecular weight excluding hydrogens is 436 g/mol. The Hall–Kier alpha value is -3.72. The summed E-state index contributed by atoms with van der Waals surface area (Å²) >= 11 is 0. The van der Waals surface area contributed by atoms with Crippen LogP contribution in [0.3, 0.4) is 0 Å². The van der Waals surface area contributed by atoms with Crippen LogP contribution in [-0.2, 0) is 22.6 Å². The Morgan fingerprint density at radius 1 is 1.18 bits per heavy atom. The summed E-state index contributed by atoms with van der Waals surface area (Å²) in [5.41, 5.74) is 1.58. The van der Waals surface area contributed by atoms with E-state index in [4.69, 9.17) is 14.2 Å². The summed E-state index contributed by atoms with van der Waals surface area (Å²) in [7, 11) is 1.63. The Kier molecular flexibility index (Phi) is 7.87. The minimum Gasteiger partial charge on any atom is -0.497 e. The van der Waals surface area contributed by atoms with Gasteiger partial charge in [-0.2, -0.15) is 0 Å². The van der Waals surface area contributed by atoms with Crippen LogP contribution in [0.15, 0.2) is 53.3 Å². The van der Waals surface area contributed by atoms with Gasteiger partial charge in [-0.1, -0.05) is 12.1 Å². The predicted molar refractivity (Wildman–Crippen MR) is 126 cm³/mol. The number of nitrogens with zero attached hydrogens (tertiary/aromatic N) is 2. The van der Waals surface area contributed by atoms with Gasteiger partial charge in [0.1, 0.15) is 23.8 Å². The van der Waals surface area contributed by atoms with Gasteiger partial charge in [-0.05, 0) is 54.8 Å². The van der Waals surface area contributed by atoms with Crippen molar-refractivity contribution in [3.8, 4) is 22.9 Å². The highest BCUT2D eigenvalue weighted by Crippen LogP contribution is 2.20. The number of aromatic amines is 1. The van der Waals surface area contributed by atoms with E-state index in [2.05, 4.69) is 20.5 Å². The summed E-state index contributed by atoms with van der Waals surface area (Å²) < 4.78 is 16.5. The summed E-state index contributed by atoms with van der Waals surface area (Å²) in [6.45, 7) is 1.65. The number of amides is 1. The minimum atomic E-state index is -0.352. The lowest BCUT2D eigenvalue weighted by Crippen LogP contribution is -2.32. The zero-order valence-corrected chi connectivity index (χ0v) is 19.1. The molecule has 2 heterocycles. The average molecular weight is 465 g/mol. The van der Waals surface area contributed by atoms with E-state index in [1.807, 2.05) is 36.4 Å². The van der Waals surface area contributed by atoms with Crippen LogP contribution in [0.5, 0.6) is 11.5 Å². The maximum Gasteiger partial charge on any atom is 0.273 e. The Morgan fingerprint density at radius 3 is 2.76 bits per heavy atom. The van der Waals surface area contributed by atoms with Crippen molar-refractivity contribution < 1.29 is 19.0 Å². The number of ether oxygens (including phenoxy) is 3. The van der Waals surface area contributed by atoms with Gasteiger partial charge >= 0.3 is 0 Å². The summed E-state index contributed by atoms with van der Waals surface area (Å²) in [6, 6.07) is 14.9. The number of nitrogens with one attached hydrogen (secondary N) is 2. The molecule has 0 radical (unpaired) electrons. The molecule has 0 spiro atoms. The summed E-state index contributed by atoms with van der Waals surface area (Å²) in [5, 5.41) is 11.0. The molecule has 0 bridgehead atoms. The third kappa shape index (κ3) is 6.41.